The number of aromatic nitrogens is 5. The Morgan fingerprint density at radius 1 is 1.11 bits per heavy atom. The maximum absolute atomic E-state index is 15.3. The predicted octanol–water partition coefficient (Wildman–Crippen LogP) is 5.04. The minimum Gasteiger partial charge on any atom is -0.421 e. The number of rotatable bonds is 6. The smallest absolute Gasteiger partial charge is 0.322 e. The van der Waals surface area contributed by atoms with Gasteiger partial charge in [-0.25, -0.2) is 24.3 Å². The quantitative estimate of drug-likeness (QED) is 0.317. The molecule has 5 rings (SSSR count). The van der Waals surface area contributed by atoms with Gasteiger partial charge >= 0.3 is 6.01 Å². The fourth-order valence-corrected chi connectivity index (χ4v) is 4.11. The first-order chi connectivity index (χ1) is 17.9. The summed E-state index contributed by atoms with van der Waals surface area (Å²) in [5.41, 5.74) is 11.0. The molecule has 0 radical (unpaired) electrons. The van der Waals surface area contributed by atoms with Crippen molar-refractivity contribution < 1.29 is 13.9 Å². The fraction of sp³-hybridized carbons (Fsp3) is 0.0741. The van der Waals surface area contributed by atoms with E-state index in [0.29, 0.717) is 33.5 Å². The number of nitrogens with two attached hydrogens (primary N) is 1. The lowest BCUT2D eigenvalue weighted by molar-refractivity contribution is -0.111. The molecular formula is C27H22FN7O2. The van der Waals surface area contributed by atoms with Crippen LogP contribution in [0.15, 0.2) is 73.7 Å². The van der Waals surface area contributed by atoms with Gasteiger partial charge in [-0.1, -0.05) is 24.8 Å². The molecule has 0 bridgehead atoms. The summed E-state index contributed by atoms with van der Waals surface area (Å²) in [6, 6.07) is 13.6. The molecule has 0 saturated carbocycles. The zero-order chi connectivity index (χ0) is 26.1. The standard InChI is InChI=1S/C27H22FN7O2/c1-4-21(36)34-18-8-5-16(6-9-18)24-22(23-25(29)31-14-32-26(23)35(24)3)17-7-10-20(19(28)13-17)37-27-30-12-11-15(2)33-27/h4-14H,1H2,2-3H3,(H,34,36)(H2,29,31,32). The third-order valence-electron chi connectivity index (χ3n) is 5.80. The van der Waals surface area contributed by atoms with Gasteiger partial charge in [0.25, 0.3) is 0 Å². The maximum Gasteiger partial charge on any atom is 0.322 e. The molecule has 0 atom stereocenters. The van der Waals surface area contributed by atoms with E-state index in [-0.39, 0.29) is 23.5 Å². The number of nitrogen functional groups attached to an aromatic ring is 1. The van der Waals surface area contributed by atoms with Gasteiger partial charge in [-0.05, 0) is 54.5 Å². The van der Waals surface area contributed by atoms with Gasteiger partial charge in [-0.3, -0.25) is 4.79 Å². The number of aryl methyl sites for hydroxylation is 2. The normalized spacial score (nSPS) is 10.9. The highest BCUT2D eigenvalue weighted by Gasteiger charge is 2.23. The van der Waals surface area contributed by atoms with E-state index in [9.17, 15) is 4.79 Å². The van der Waals surface area contributed by atoms with Crippen LogP contribution in [-0.2, 0) is 11.8 Å². The molecule has 5 aromatic rings. The fourth-order valence-electron chi connectivity index (χ4n) is 4.11. The Hall–Kier alpha value is -5.12. The number of hydrogen-bond donors (Lipinski definition) is 2. The van der Waals surface area contributed by atoms with Gasteiger partial charge in [-0.2, -0.15) is 0 Å². The van der Waals surface area contributed by atoms with Gasteiger partial charge in [0.05, 0.1) is 11.1 Å². The minimum absolute atomic E-state index is 0.0114. The van der Waals surface area contributed by atoms with Gasteiger partial charge in [0.15, 0.2) is 11.6 Å². The summed E-state index contributed by atoms with van der Waals surface area (Å²) in [4.78, 5) is 28.4. The van der Waals surface area contributed by atoms with Crippen molar-refractivity contribution in [2.75, 3.05) is 11.1 Å². The topological polar surface area (TPSA) is 121 Å². The first-order valence-electron chi connectivity index (χ1n) is 11.3. The molecule has 3 heterocycles. The molecule has 2 aromatic carbocycles. The molecule has 3 aromatic heterocycles. The number of carbonyl (C=O) groups excluding carboxylic acids is 1. The van der Waals surface area contributed by atoms with Crippen LogP contribution in [0.1, 0.15) is 5.69 Å². The summed E-state index contributed by atoms with van der Waals surface area (Å²) in [6.45, 7) is 5.26. The van der Waals surface area contributed by atoms with Gasteiger partial charge in [0.1, 0.15) is 17.8 Å². The Kier molecular flexibility index (Phi) is 6.06. The number of hydrogen-bond acceptors (Lipinski definition) is 7. The summed E-state index contributed by atoms with van der Waals surface area (Å²) >= 11 is 0. The van der Waals surface area contributed by atoms with Crippen molar-refractivity contribution in [3.8, 4) is 34.1 Å². The van der Waals surface area contributed by atoms with Crippen LogP contribution in [0.5, 0.6) is 11.8 Å². The van der Waals surface area contributed by atoms with Crippen molar-refractivity contribution >= 4 is 28.4 Å². The van der Waals surface area contributed by atoms with Crippen LogP contribution >= 0.6 is 0 Å². The van der Waals surface area contributed by atoms with Crippen LogP contribution < -0.4 is 15.8 Å². The van der Waals surface area contributed by atoms with Gasteiger partial charge in [0.2, 0.25) is 5.91 Å². The molecule has 0 saturated heterocycles. The first-order valence-corrected chi connectivity index (χ1v) is 11.3. The van der Waals surface area contributed by atoms with E-state index >= 15 is 4.39 Å². The number of nitrogens with zero attached hydrogens (tertiary/aromatic N) is 5. The third kappa shape index (κ3) is 4.47. The Bertz CT molecular complexity index is 1660. The number of halogens is 1. The van der Waals surface area contributed by atoms with E-state index in [2.05, 4.69) is 31.8 Å². The summed E-state index contributed by atoms with van der Waals surface area (Å²) in [5, 5.41) is 3.32. The number of carbonyl (C=O) groups is 1. The second-order valence-corrected chi connectivity index (χ2v) is 8.24. The van der Waals surface area contributed by atoms with Crippen molar-refractivity contribution in [1.82, 2.24) is 24.5 Å². The summed E-state index contributed by atoms with van der Waals surface area (Å²) in [7, 11) is 1.85. The second kappa shape index (κ2) is 9.50. The van der Waals surface area contributed by atoms with Crippen LogP contribution in [0.2, 0.25) is 0 Å². The molecule has 0 aliphatic heterocycles. The minimum atomic E-state index is -0.594. The molecule has 184 valence electrons. The number of ether oxygens (including phenoxy) is 1. The van der Waals surface area contributed by atoms with E-state index < -0.39 is 5.82 Å². The van der Waals surface area contributed by atoms with Crippen LogP contribution in [0.4, 0.5) is 15.9 Å². The molecule has 3 N–H and O–H groups in total. The molecule has 10 heteroatoms. The van der Waals surface area contributed by atoms with Crippen molar-refractivity contribution in [3.05, 3.63) is 85.2 Å². The molecule has 9 nitrogen and oxygen atoms in total. The average Bonchev–Trinajstić information content (AvgIpc) is 3.19. The van der Waals surface area contributed by atoms with E-state index in [4.69, 9.17) is 10.5 Å². The lowest BCUT2D eigenvalue weighted by atomic mass is 9.98. The molecule has 0 aliphatic rings. The summed E-state index contributed by atoms with van der Waals surface area (Å²) in [6.07, 6.45) is 4.13. The Morgan fingerprint density at radius 2 is 1.86 bits per heavy atom. The SMILES string of the molecule is C=CC(=O)Nc1ccc(-c2c(-c3ccc(Oc4nccc(C)n4)c(F)c3)c3c(N)ncnc3n2C)cc1. The third-order valence-corrected chi connectivity index (χ3v) is 5.80. The number of fused-ring (bicyclic) bond motifs is 1. The molecule has 0 aliphatic carbocycles. The average molecular weight is 496 g/mol. The largest absolute Gasteiger partial charge is 0.421 e. The molecule has 37 heavy (non-hydrogen) atoms. The first kappa shape index (κ1) is 23.6. The second-order valence-electron chi connectivity index (χ2n) is 8.24. The lowest BCUT2D eigenvalue weighted by Gasteiger charge is -2.11. The highest BCUT2D eigenvalue weighted by atomic mass is 19.1. The maximum atomic E-state index is 15.3. The molecule has 1 amide bonds. The number of benzene rings is 2. The van der Waals surface area contributed by atoms with Crippen molar-refractivity contribution in [3.63, 3.8) is 0 Å². The van der Waals surface area contributed by atoms with Crippen LogP contribution in [0.3, 0.4) is 0 Å². The van der Waals surface area contributed by atoms with Gasteiger partial charge < -0.3 is 20.4 Å². The lowest BCUT2D eigenvalue weighted by Crippen LogP contribution is -2.06. The number of nitrogens with one attached hydrogen (secondary N) is 1. The molecule has 0 spiro atoms. The summed E-state index contributed by atoms with van der Waals surface area (Å²) in [5.74, 6) is -0.647. The number of amides is 1. The highest BCUT2D eigenvalue weighted by Crippen LogP contribution is 2.42. The van der Waals surface area contributed by atoms with E-state index in [1.54, 1.807) is 37.4 Å². The van der Waals surface area contributed by atoms with Crippen molar-refractivity contribution in [2.45, 2.75) is 6.92 Å². The zero-order valence-corrected chi connectivity index (χ0v) is 20.1. The van der Waals surface area contributed by atoms with Gasteiger partial charge in [-0.15, -0.1) is 0 Å². The van der Waals surface area contributed by atoms with Crippen molar-refractivity contribution in [2.24, 2.45) is 7.05 Å². The van der Waals surface area contributed by atoms with Crippen LogP contribution in [-0.4, -0.2) is 30.4 Å². The Balaban J connectivity index is 1.63. The van der Waals surface area contributed by atoms with Crippen LogP contribution in [0, 0.1) is 12.7 Å². The monoisotopic (exact) mass is 495 g/mol. The Morgan fingerprint density at radius 3 is 2.57 bits per heavy atom. The Labute approximate surface area is 211 Å². The highest BCUT2D eigenvalue weighted by molar-refractivity contribution is 6.08. The van der Waals surface area contributed by atoms with E-state index in [1.807, 2.05) is 23.7 Å². The molecule has 0 fully saturated rings. The summed E-state index contributed by atoms with van der Waals surface area (Å²) < 4.78 is 22.7. The predicted molar refractivity (Wildman–Crippen MR) is 139 cm³/mol. The van der Waals surface area contributed by atoms with Gasteiger partial charge in [0, 0.05) is 30.2 Å². The van der Waals surface area contributed by atoms with E-state index in [0.717, 1.165) is 11.3 Å². The van der Waals surface area contributed by atoms with Crippen molar-refractivity contribution in [1.29, 1.82) is 0 Å². The van der Waals surface area contributed by atoms with Crippen LogP contribution in [0.25, 0.3) is 33.4 Å². The number of anilines is 2. The van der Waals surface area contributed by atoms with E-state index in [1.165, 1.54) is 24.5 Å². The molecule has 0 unspecified atom stereocenters. The zero-order valence-electron chi connectivity index (χ0n) is 20.1. The molecular weight excluding hydrogens is 473 g/mol.